The monoisotopic (exact) mass is 386 g/mol. The molecule has 3 rings (SSSR count). The molecule has 0 saturated carbocycles. The third-order valence-corrected chi connectivity index (χ3v) is 4.69. The fourth-order valence-corrected chi connectivity index (χ4v) is 3.09. The van der Waals surface area contributed by atoms with E-state index in [4.69, 9.17) is 0 Å². The van der Waals surface area contributed by atoms with Crippen LogP contribution in [0.15, 0.2) is 78.9 Å². The summed E-state index contributed by atoms with van der Waals surface area (Å²) in [5, 5.41) is 5.88. The van der Waals surface area contributed by atoms with E-state index in [1.807, 2.05) is 54.6 Å². The third-order valence-electron chi connectivity index (χ3n) is 4.69. The van der Waals surface area contributed by atoms with Crippen molar-refractivity contribution in [2.45, 2.75) is 32.7 Å². The van der Waals surface area contributed by atoms with Gasteiger partial charge in [-0.3, -0.25) is 9.59 Å². The number of para-hydroxylation sites is 1. The molecule has 148 valence electrons. The Labute approximate surface area is 172 Å². The molecule has 2 N–H and O–H groups in total. The van der Waals surface area contributed by atoms with Gasteiger partial charge in [0.05, 0.1) is 0 Å². The van der Waals surface area contributed by atoms with Crippen LogP contribution in [0.1, 0.15) is 52.6 Å². The second-order valence-corrected chi connectivity index (χ2v) is 8.00. The minimum absolute atomic E-state index is 0.0788. The number of benzene rings is 3. The van der Waals surface area contributed by atoms with Gasteiger partial charge in [0.15, 0.2) is 0 Å². The van der Waals surface area contributed by atoms with Gasteiger partial charge < -0.3 is 10.6 Å². The van der Waals surface area contributed by atoms with Gasteiger partial charge in [0.1, 0.15) is 0 Å². The zero-order chi connectivity index (χ0) is 20.9. The normalized spacial score (nSPS) is 11.0. The molecule has 0 radical (unpaired) electrons. The Kier molecular flexibility index (Phi) is 6.13. The lowest BCUT2D eigenvalue weighted by Crippen LogP contribution is -2.23. The minimum Gasteiger partial charge on any atom is -0.348 e. The maximum Gasteiger partial charge on any atom is 0.255 e. The second kappa shape index (κ2) is 8.74. The Balaban J connectivity index is 1.66. The number of anilines is 1. The number of nitrogens with one attached hydrogen (secondary N) is 2. The Morgan fingerprint density at radius 3 is 1.90 bits per heavy atom. The molecule has 0 aliphatic carbocycles. The predicted molar refractivity (Wildman–Crippen MR) is 117 cm³/mol. The fourth-order valence-electron chi connectivity index (χ4n) is 3.09. The summed E-state index contributed by atoms with van der Waals surface area (Å²) in [5.41, 5.74) is 3.86. The first kappa shape index (κ1) is 20.3. The van der Waals surface area contributed by atoms with Crippen LogP contribution in [0.5, 0.6) is 0 Å². The van der Waals surface area contributed by atoms with E-state index in [1.165, 1.54) is 0 Å². The van der Waals surface area contributed by atoms with E-state index in [2.05, 4.69) is 31.4 Å². The second-order valence-electron chi connectivity index (χ2n) is 8.00. The van der Waals surface area contributed by atoms with Gasteiger partial charge in [-0.25, -0.2) is 0 Å². The first-order valence-electron chi connectivity index (χ1n) is 9.67. The van der Waals surface area contributed by atoms with E-state index < -0.39 is 0 Å². The van der Waals surface area contributed by atoms with Crippen molar-refractivity contribution in [1.82, 2.24) is 5.32 Å². The van der Waals surface area contributed by atoms with Crippen LogP contribution in [-0.2, 0) is 12.0 Å². The van der Waals surface area contributed by atoms with Crippen molar-refractivity contribution in [1.29, 1.82) is 0 Å². The van der Waals surface area contributed by atoms with E-state index in [0.717, 1.165) is 16.8 Å². The summed E-state index contributed by atoms with van der Waals surface area (Å²) in [5.74, 6) is -0.364. The molecule has 0 atom stereocenters. The van der Waals surface area contributed by atoms with Crippen LogP contribution in [0.3, 0.4) is 0 Å². The molecule has 0 heterocycles. The number of carbonyl (C=O) groups is 2. The number of hydrogen-bond acceptors (Lipinski definition) is 2. The van der Waals surface area contributed by atoms with Gasteiger partial charge in [-0.15, -0.1) is 0 Å². The van der Waals surface area contributed by atoms with Crippen molar-refractivity contribution in [2.75, 3.05) is 5.32 Å². The highest BCUT2D eigenvalue weighted by atomic mass is 16.2. The lowest BCUT2D eigenvalue weighted by atomic mass is 9.86. The van der Waals surface area contributed by atoms with E-state index in [0.29, 0.717) is 17.7 Å². The minimum atomic E-state index is -0.196. The Morgan fingerprint density at radius 2 is 1.28 bits per heavy atom. The lowest BCUT2D eigenvalue weighted by Gasteiger charge is -2.23. The Bertz CT molecular complexity index is 987. The van der Waals surface area contributed by atoms with Gasteiger partial charge in [0.2, 0.25) is 0 Å². The average molecular weight is 386 g/mol. The van der Waals surface area contributed by atoms with Crippen molar-refractivity contribution >= 4 is 17.5 Å². The van der Waals surface area contributed by atoms with E-state index >= 15 is 0 Å². The van der Waals surface area contributed by atoms with Crippen molar-refractivity contribution in [3.63, 3.8) is 0 Å². The first-order valence-corrected chi connectivity index (χ1v) is 9.67. The molecule has 0 aliphatic rings. The van der Waals surface area contributed by atoms with Crippen LogP contribution in [0, 0.1) is 0 Å². The summed E-state index contributed by atoms with van der Waals surface area (Å²) in [6, 6.07) is 24.2. The molecule has 0 fully saturated rings. The van der Waals surface area contributed by atoms with Gasteiger partial charge in [0.25, 0.3) is 11.8 Å². The lowest BCUT2D eigenvalue weighted by molar-refractivity contribution is 0.0949. The molecule has 0 saturated heterocycles. The summed E-state index contributed by atoms with van der Waals surface area (Å²) in [7, 11) is 0. The summed E-state index contributed by atoms with van der Waals surface area (Å²) in [6.07, 6.45) is 0. The number of rotatable bonds is 5. The number of carbonyl (C=O) groups excluding carboxylic acids is 2. The molecular weight excluding hydrogens is 360 g/mol. The van der Waals surface area contributed by atoms with Crippen LogP contribution in [-0.4, -0.2) is 11.8 Å². The van der Waals surface area contributed by atoms with Gasteiger partial charge in [-0.2, -0.15) is 0 Å². The molecule has 3 aromatic rings. The molecule has 4 nitrogen and oxygen atoms in total. The van der Waals surface area contributed by atoms with Crippen molar-refractivity contribution in [3.8, 4) is 0 Å². The number of amides is 2. The highest BCUT2D eigenvalue weighted by molar-refractivity contribution is 6.05. The molecule has 2 amide bonds. The number of hydrogen-bond donors (Lipinski definition) is 2. The highest BCUT2D eigenvalue weighted by Gasteiger charge is 2.19. The quantitative estimate of drug-likeness (QED) is 0.636. The predicted octanol–water partition coefficient (Wildman–Crippen LogP) is 5.17. The molecular formula is C25H26N2O2. The zero-order valence-electron chi connectivity index (χ0n) is 17.0. The van der Waals surface area contributed by atoms with Crippen LogP contribution >= 0.6 is 0 Å². The zero-order valence-corrected chi connectivity index (χ0v) is 17.0. The van der Waals surface area contributed by atoms with E-state index in [9.17, 15) is 9.59 Å². The summed E-state index contributed by atoms with van der Waals surface area (Å²) >= 11 is 0. The molecule has 3 aromatic carbocycles. The van der Waals surface area contributed by atoms with Crippen LogP contribution in [0.2, 0.25) is 0 Å². The Morgan fingerprint density at radius 1 is 0.724 bits per heavy atom. The van der Waals surface area contributed by atoms with Crippen molar-refractivity contribution in [3.05, 3.63) is 101 Å². The SMILES string of the molecule is CC(C)(C)c1ccccc1NC(=O)c1ccc(C(=O)NCc2ccccc2)cc1. The fraction of sp³-hybridized carbons (Fsp3) is 0.200. The largest absolute Gasteiger partial charge is 0.348 e. The van der Waals surface area contributed by atoms with Gasteiger partial charge in [-0.05, 0) is 46.9 Å². The molecule has 29 heavy (non-hydrogen) atoms. The van der Waals surface area contributed by atoms with Gasteiger partial charge >= 0.3 is 0 Å². The summed E-state index contributed by atoms with van der Waals surface area (Å²) < 4.78 is 0. The third kappa shape index (κ3) is 5.32. The standard InChI is InChI=1S/C25H26N2O2/c1-25(2,3)21-11-7-8-12-22(21)27-24(29)20-15-13-19(14-16-20)23(28)26-17-18-9-5-4-6-10-18/h4-16H,17H2,1-3H3,(H,26,28)(H,27,29). The average Bonchev–Trinajstić information content (AvgIpc) is 2.72. The molecule has 0 aromatic heterocycles. The smallest absolute Gasteiger partial charge is 0.255 e. The van der Waals surface area contributed by atoms with Crippen molar-refractivity contribution in [2.24, 2.45) is 0 Å². The maximum atomic E-state index is 12.7. The van der Waals surface area contributed by atoms with Crippen LogP contribution < -0.4 is 10.6 Å². The van der Waals surface area contributed by atoms with Crippen LogP contribution in [0.4, 0.5) is 5.69 Å². The van der Waals surface area contributed by atoms with Crippen LogP contribution in [0.25, 0.3) is 0 Å². The summed E-state index contributed by atoms with van der Waals surface area (Å²) in [4.78, 5) is 25.0. The summed E-state index contributed by atoms with van der Waals surface area (Å²) in [6.45, 7) is 6.80. The van der Waals surface area contributed by atoms with Crippen molar-refractivity contribution < 1.29 is 9.59 Å². The molecule has 0 bridgehead atoms. The molecule has 0 spiro atoms. The molecule has 0 aliphatic heterocycles. The van der Waals surface area contributed by atoms with E-state index in [1.54, 1.807) is 24.3 Å². The van der Waals surface area contributed by atoms with Gasteiger partial charge in [0, 0.05) is 23.4 Å². The maximum absolute atomic E-state index is 12.7. The van der Waals surface area contributed by atoms with Gasteiger partial charge in [-0.1, -0.05) is 69.3 Å². The topological polar surface area (TPSA) is 58.2 Å². The van der Waals surface area contributed by atoms with E-state index in [-0.39, 0.29) is 17.2 Å². The Hall–Kier alpha value is -3.40. The highest BCUT2D eigenvalue weighted by Crippen LogP contribution is 2.29. The molecule has 4 heteroatoms. The first-order chi connectivity index (χ1) is 13.8. The molecule has 0 unspecified atom stereocenters.